The van der Waals surface area contributed by atoms with Crippen molar-refractivity contribution in [2.24, 2.45) is 22.7 Å². The number of carbonyl (C=O) groups excluding carboxylic acids is 3. The standard InChI is InChI=1S/C23H28O8/c1-12-9-18(29-13(2)24)21(3)16(5-6-17-23(21,31-17)20(26)27-4)22(12)10-15(30-19(22)25)14-7-8-28-11-14/h7-8,11-12,15-18H,5-6,9-10H2,1-4H3/t12-,15+,16+,17-,18+,21-,22+,23+/m1/s1. The average Bonchev–Trinajstić information content (AvgIpc) is 3.07. The van der Waals surface area contributed by atoms with Crippen LogP contribution in [0, 0.1) is 22.7 Å². The molecule has 0 unspecified atom stereocenters. The fraction of sp³-hybridized carbons (Fsp3) is 0.696. The fourth-order valence-corrected chi connectivity index (χ4v) is 7.10. The summed E-state index contributed by atoms with van der Waals surface area (Å²) in [5, 5.41) is 0. The molecular weight excluding hydrogens is 404 g/mol. The average molecular weight is 432 g/mol. The highest BCUT2D eigenvalue weighted by Gasteiger charge is 2.84. The second-order valence-corrected chi connectivity index (χ2v) is 9.68. The van der Waals surface area contributed by atoms with Crippen LogP contribution in [0.15, 0.2) is 23.0 Å². The monoisotopic (exact) mass is 432 g/mol. The molecule has 0 radical (unpaired) electrons. The van der Waals surface area contributed by atoms with Gasteiger partial charge in [0, 0.05) is 18.9 Å². The minimum atomic E-state index is -1.22. The highest BCUT2D eigenvalue weighted by molar-refractivity contribution is 5.87. The van der Waals surface area contributed by atoms with Gasteiger partial charge in [0.05, 0.1) is 36.6 Å². The summed E-state index contributed by atoms with van der Waals surface area (Å²) < 4.78 is 28.1. The third-order valence-corrected chi connectivity index (χ3v) is 8.57. The molecule has 0 amide bonds. The smallest absolute Gasteiger partial charge is 0.341 e. The molecule has 0 aromatic carbocycles. The number of cyclic esters (lactones) is 1. The quantitative estimate of drug-likeness (QED) is 0.408. The van der Waals surface area contributed by atoms with E-state index in [0.29, 0.717) is 25.7 Å². The van der Waals surface area contributed by atoms with Crippen LogP contribution in [-0.2, 0) is 33.3 Å². The third-order valence-electron chi connectivity index (χ3n) is 8.57. The minimum absolute atomic E-state index is 0.107. The Balaban J connectivity index is 1.62. The largest absolute Gasteiger partial charge is 0.472 e. The van der Waals surface area contributed by atoms with Crippen molar-refractivity contribution in [2.75, 3.05) is 7.11 Å². The van der Waals surface area contributed by atoms with Gasteiger partial charge in [0.1, 0.15) is 12.2 Å². The van der Waals surface area contributed by atoms with Gasteiger partial charge >= 0.3 is 17.9 Å². The Morgan fingerprint density at radius 3 is 2.68 bits per heavy atom. The molecule has 1 aromatic heterocycles. The van der Waals surface area contributed by atoms with E-state index < -0.39 is 40.6 Å². The highest BCUT2D eigenvalue weighted by Crippen LogP contribution is 2.73. The summed E-state index contributed by atoms with van der Waals surface area (Å²) in [6.07, 6.45) is 4.13. The summed E-state index contributed by atoms with van der Waals surface area (Å²) in [6.45, 7) is 5.30. The van der Waals surface area contributed by atoms with Gasteiger partial charge < -0.3 is 23.4 Å². The maximum atomic E-state index is 13.5. The Hall–Kier alpha value is -2.35. The third kappa shape index (κ3) is 2.42. The van der Waals surface area contributed by atoms with Crippen LogP contribution in [0.1, 0.15) is 58.1 Å². The maximum absolute atomic E-state index is 13.5. The molecule has 8 nitrogen and oxygen atoms in total. The van der Waals surface area contributed by atoms with Crippen LogP contribution in [-0.4, -0.2) is 42.8 Å². The van der Waals surface area contributed by atoms with E-state index in [-0.39, 0.29) is 23.9 Å². The number of hydrogen-bond acceptors (Lipinski definition) is 8. The van der Waals surface area contributed by atoms with E-state index >= 15 is 0 Å². The summed E-state index contributed by atoms with van der Waals surface area (Å²) >= 11 is 0. The van der Waals surface area contributed by atoms with Crippen molar-refractivity contribution >= 4 is 17.9 Å². The van der Waals surface area contributed by atoms with E-state index in [1.165, 1.54) is 14.0 Å². The zero-order valence-corrected chi connectivity index (χ0v) is 18.2. The number of epoxide rings is 1. The van der Waals surface area contributed by atoms with Crippen LogP contribution in [0.3, 0.4) is 0 Å². The van der Waals surface area contributed by atoms with Crippen LogP contribution in [0.5, 0.6) is 0 Å². The van der Waals surface area contributed by atoms with Gasteiger partial charge in [-0.15, -0.1) is 0 Å². The molecule has 3 heterocycles. The molecule has 0 N–H and O–H groups in total. The van der Waals surface area contributed by atoms with Crippen molar-refractivity contribution in [3.63, 3.8) is 0 Å². The van der Waals surface area contributed by atoms with Crippen molar-refractivity contribution < 1.29 is 37.7 Å². The first-order valence-electron chi connectivity index (χ1n) is 10.9. The minimum Gasteiger partial charge on any atom is -0.472 e. The first-order valence-corrected chi connectivity index (χ1v) is 10.9. The lowest BCUT2D eigenvalue weighted by atomic mass is 9.43. The van der Waals surface area contributed by atoms with Crippen molar-refractivity contribution in [2.45, 2.75) is 70.4 Å². The fourth-order valence-electron chi connectivity index (χ4n) is 7.10. The summed E-state index contributed by atoms with van der Waals surface area (Å²) in [7, 11) is 1.34. The van der Waals surface area contributed by atoms with E-state index in [4.69, 9.17) is 23.4 Å². The molecule has 8 atom stereocenters. The second kappa shape index (κ2) is 6.58. The zero-order valence-electron chi connectivity index (χ0n) is 18.2. The Bertz CT molecular complexity index is 924. The van der Waals surface area contributed by atoms with Gasteiger partial charge in [-0.3, -0.25) is 9.59 Å². The molecule has 4 aliphatic rings. The lowest BCUT2D eigenvalue weighted by Crippen LogP contribution is -2.67. The van der Waals surface area contributed by atoms with Crippen LogP contribution >= 0.6 is 0 Å². The normalized spacial score (nSPS) is 45.4. The van der Waals surface area contributed by atoms with Crippen LogP contribution in [0.4, 0.5) is 0 Å². The molecule has 1 aromatic rings. The number of fused-ring (bicyclic) bond motifs is 4. The molecule has 31 heavy (non-hydrogen) atoms. The predicted molar refractivity (Wildman–Crippen MR) is 104 cm³/mol. The highest BCUT2D eigenvalue weighted by atomic mass is 16.7. The number of hydrogen-bond donors (Lipinski definition) is 0. The molecule has 4 fully saturated rings. The molecule has 2 aliphatic carbocycles. The number of esters is 3. The molecule has 5 rings (SSSR count). The van der Waals surface area contributed by atoms with Crippen LogP contribution < -0.4 is 0 Å². The van der Waals surface area contributed by atoms with Gasteiger partial charge in [0.15, 0.2) is 0 Å². The maximum Gasteiger partial charge on any atom is 0.341 e. The summed E-state index contributed by atoms with van der Waals surface area (Å²) in [4.78, 5) is 38.6. The molecule has 2 saturated carbocycles. The lowest BCUT2D eigenvalue weighted by Gasteiger charge is -2.59. The number of methoxy groups -OCH3 is 1. The Morgan fingerprint density at radius 1 is 1.26 bits per heavy atom. The van der Waals surface area contributed by atoms with Crippen LogP contribution in [0.25, 0.3) is 0 Å². The number of ether oxygens (including phenoxy) is 4. The number of rotatable bonds is 3. The second-order valence-electron chi connectivity index (χ2n) is 9.68. The number of carbonyl (C=O) groups is 3. The van der Waals surface area contributed by atoms with Gasteiger partial charge in [-0.25, -0.2) is 4.79 Å². The summed E-state index contributed by atoms with van der Waals surface area (Å²) in [6, 6.07) is 1.81. The predicted octanol–water partition coefficient (Wildman–Crippen LogP) is 2.95. The molecule has 2 aliphatic heterocycles. The molecule has 8 heteroatoms. The Labute approximate surface area is 180 Å². The first-order chi connectivity index (χ1) is 14.7. The van der Waals surface area contributed by atoms with E-state index in [2.05, 4.69) is 0 Å². The van der Waals surface area contributed by atoms with Crippen molar-refractivity contribution in [3.05, 3.63) is 24.2 Å². The molecule has 2 saturated heterocycles. The van der Waals surface area contributed by atoms with E-state index in [0.717, 1.165) is 5.56 Å². The zero-order chi connectivity index (χ0) is 22.2. The Morgan fingerprint density at radius 2 is 2.03 bits per heavy atom. The number of furan rings is 1. The molecular formula is C23H28O8. The van der Waals surface area contributed by atoms with Gasteiger partial charge in [-0.05, 0) is 37.2 Å². The van der Waals surface area contributed by atoms with E-state index in [1.807, 2.05) is 19.9 Å². The SMILES string of the molecule is COC(=O)[C@@]12O[C@@H]1CC[C@@H]1[C@]3(C[C@@H](c4ccoc4)OC3=O)[C@H](C)C[C@H](OC(C)=O)[C@@]12C. The van der Waals surface area contributed by atoms with Gasteiger partial charge in [0.2, 0.25) is 5.60 Å². The molecule has 1 spiro atoms. The first kappa shape index (κ1) is 20.5. The van der Waals surface area contributed by atoms with Gasteiger partial charge in [-0.2, -0.15) is 0 Å². The topological polar surface area (TPSA) is 105 Å². The molecule has 168 valence electrons. The van der Waals surface area contributed by atoms with Gasteiger partial charge in [-0.1, -0.05) is 13.8 Å². The van der Waals surface area contributed by atoms with Crippen molar-refractivity contribution in [1.29, 1.82) is 0 Å². The Kier molecular flexibility index (Phi) is 4.36. The molecule has 0 bridgehead atoms. The lowest BCUT2D eigenvalue weighted by molar-refractivity contribution is -0.210. The van der Waals surface area contributed by atoms with Crippen LogP contribution in [0.2, 0.25) is 0 Å². The summed E-state index contributed by atoms with van der Waals surface area (Å²) in [5.74, 6) is -1.52. The summed E-state index contributed by atoms with van der Waals surface area (Å²) in [5.41, 5.74) is -2.12. The van der Waals surface area contributed by atoms with E-state index in [1.54, 1.807) is 12.5 Å². The van der Waals surface area contributed by atoms with Crippen molar-refractivity contribution in [3.8, 4) is 0 Å². The van der Waals surface area contributed by atoms with Gasteiger partial charge in [0.25, 0.3) is 0 Å². The van der Waals surface area contributed by atoms with Crippen molar-refractivity contribution in [1.82, 2.24) is 0 Å². The van der Waals surface area contributed by atoms with E-state index in [9.17, 15) is 14.4 Å².